The zero-order chi connectivity index (χ0) is 22.8. The first-order valence-electron chi connectivity index (χ1n) is 12.4. The van der Waals surface area contributed by atoms with Gasteiger partial charge in [0.1, 0.15) is 5.82 Å². The van der Waals surface area contributed by atoms with Gasteiger partial charge in [-0.25, -0.2) is 4.98 Å². The standard InChI is InChI=1S/C27H35N5O/c1-30(2)27(33)21-8-10-25-20(18-21)12-17-32(25)26-11-9-23(19-28-26)29-22-13-15-31(16-14-22)24-6-4-3-5-7-24/h8-12,17-19,22,24,29H,3-7,13-16H2,1-2H3. The highest BCUT2D eigenvalue weighted by atomic mass is 16.2. The van der Waals surface area contributed by atoms with Crippen molar-refractivity contribution in [3.8, 4) is 5.82 Å². The summed E-state index contributed by atoms with van der Waals surface area (Å²) in [5.74, 6) is 0.900. The Balaban J connectivity index is 1.22. The fourth-order valence-electron chi connectivity index (χ4n) is 5.44. The molecule has 3 aromatic rings. The van der Waals surface area contributed by atoms with Gasteiger partial charge in [0, 0.05) is 56.4 Å². The van der Waals surface area contributed by atoms with Crippen molar-refractivity contribution < 1.29 is 4.79 Å². The molecule has 0 spiro atoms. The molecular weight excluding hydrogens is 410 g/mol. The number of nitrogens with one attached hydrogen (secondary N) is 1. The highest BCUT2D eigenvalue weighted by molar-refractivity contribution is 5.98. The molecule has 33 heavy (non-hydrogen) atoms. The smallest absolute Gasteiger partial charge is 0.253 e. The zero-order valence-electron chi connectivity index (χ0n) is 19.8. The molecule has 0 bridgehead atoms. The summed E-state index contributed by atoms with van der Waals surface area (Å²) in [4.78, 5) is 21.3. The highest BCUT2D eigenvalue weighted by Gasteiger charge is 2.26. The van der Waals surface area contributed by atoms with Crippen LogP contribution in [0.1, 0.15) is 55.3 Å². The quantitative estimate of drug-likeness (QED) is 0.605. The summed E-state index contributed by atoms with van der Waals surface area (Å²) < 4.78 is 2.08. The molecule has 174 valence electrons. The summed E-state index contributed by atoms with van der Waals surface area (Å²) in [6, 6.07) is 13.4. The van der Waals surface area contributed by atoms with Gasteiger partial charge >= 0.3 is 0 Å². The number of likely N-dealkylation sites (tertiary alicyclic amines) is 1. The molecule has 1 saturated carbocycles. The number of fused-ring (bicyclic) bond motifs is 1. The van der Waals surface area contributed by atoms with Crippen molar-refractivity contribution in [1.82, 2.24) is 19.4 Å². The third-order valence-corrected chi connectivity index (χ3v) is 7.33. The maximum absolute atomic E-state index is 12.3. The Labute approximate surface area is 196 Å². The van der Waals surface area contributed by atoms with E-state index in [-0.39, 0.29) is 5.91 Å². The first-order valence-corrected chi connectivity index (χ1v) is 12.4. The maximum Gasteiger partial charge on any atom is 0.253 e. The number of hydrogen-bond acceptors (Lipinski definition) is 4. The molecule has 5 rings (SSSR count). The number of rotatable bonds is 5. The Hall–Kier alpha value is -2.86. The van der Waals surface area contributed by atoms with Crippen molar-refractivity contribution >= 4 is 22.5 Å². The molecule has 1 N–H and O–H groups in total. The van der Waals surface area contributed by atoms with Crippen LogP contribution in [0.2, 0.25) is 0 Å². The molecule has 1 aliphatic carbocycles. The van der Waals surface area contributed by atoms with E-state index in [1.54, 1.807) is 19.0 Å². The van der Waals surface area contributed by atoms with E-state index in [1.807, 2.05) is 36.7 Å². The lowest BCUT2D eigenvalue weighted by Crippen LogP contribution is -2.45. The summed E-state index contributed by atoms with van der Waals surface area (Å²) >= 11 is 0. The molecule has 2 fully saturated rings. The van der Waals surface area contributed by atoms with Crippen LogP contribution in [0.15, 0.2) is 48.8 Å². The minimum absolute atomic E-state index is 0.0165. The molecule has 0 atom stereocenters. The predicted octanol–water partition coefficient (Wildman–Crippen LogP) is 4.94. The van der Waals surface area contributed by atoms with Crippen molar-refractivity contribution in [2.24, 2.45) is 0 Å². The van der Waals surface area contributed by atoms with Gasteiger partial charge in [0.2, 0.25) is 0 Å². The van der Waals surface area contributed by atoms with E-state index in [1.165, 1.54) is 58.0 Å². The van der Waals surface area contributed by atoms with E-state index < -0.39 is 0 Å². The second-order valence-corrected chi connectivity index (χ2v) is 9.81. The van der Waals surface area contributed by atoms with Crippen molar-refractivity contribution in [3.63, 3.8) is 0 Å². The molecule has 3 heterocycles. The molecule has 0 radical (unpaired) electrons. The number of benzene rings is 1. The van der Waals surface area contributed by atoms with E-state index >= 15 is 0 Å². The first kappa shape index (κ1) is 22.0. The van der Waals surface area contributed by atoms with Gasteiger partial charge < -0.3 is 19.7 Å². The summed E-state index contributed by atoms with van der Waals surface area (Å²) in [6.45, 7) is 2.42. The number of piperidine rings is 1. The average molecular weight is 446 g/mol. The number of carbonyl (C=O) groups excluding carboxylic acids is 1. The van der Waals surface area contributed by atoms with Crippen molar-refractivity contribution in [3.05, 3.63) is 54.4 Å². The van der Waals surface area contributed by atoms with Gasteiger partial charge in [-0.3, -0.25) is 4.79 Å². The number of hydrogen-bond donors (Lipinski definition) is 1. The van der Waals surface area contributed by atoms with E-state index in [0.29, 0.717) is 11.6 Å². The van der Waals surface area contributed by atoms with Crippen molar-refractivity contribution in [1.29, 1.82) is 0 Å². The molecule has 6 heteroatoms. The van der Waals surface area contributed by atoms with Crippen LogP contribution in [0.4, 0.5) is 5.69 Å². The van der Waals surface area contributed by atoms with Crippen LogP contribution in [0.5, 0.6) is 0 Å². The predicted molar refractivity (Wildman–Crippen MR) is 134 cm³/mol. The van der Waals surface area contributed by atoms with Gasteiger partial charge in [-0.05, 0) is 62.1 Å². The van der Waals surface area contributed by atoms with E-state index in [0.717, 1.165) is 28.5 Å². The Bertz CT molecular complexity index is 1090. The summed E-state index contributed by atoms with van der Waals surface area (Å²) in [5, 5.41) is 4.74. The monoisotopic (exact) mass is 445 g/mol. The normalized spacial score (nSPS) is 18.5. The highest BCUT2D eigenvalue weighted by Crippen LogP contribution is 2.27. The lowest BCUT2D eigenvalue weighted by Gasteiger charge is -2.39. The largest absolute Gasteiger partial charge is 0.381 e. The second kappa shape index (κ2) is 9.56. The lowest BCUT2D eigenvalue weighted by atomic mass is 9.92. The van der Waals surface area contributed by atoms with Crippen LogP contribution < -0.4 is 5.32 Å². The number of amides is 1. The molecule has 2 aromatic heterocycles. The van der Waals surface area contributed by atoms with Gasteiger partial charge in [-0.15, -0.1) is 0 Å². The summed E-state index contributed by atoms with van der Waals surface area (Å²) in [6.07, 6.45) is 13.4. The lowest BCUT2D eigenvalue weighted by molar-refractivity contribution is 0.0828. The molecule has 1 amide bonds. The topological polar surface area (TPSA) is 53.4 Å². The molecular formula is C27H35N5O. The number of aromatic nitrogens is 2. The van der Waals surface area contributed by atoms with Crippen molar-refractivity contribution in [2.45, 2.75) is 57.0 Å². The Morgan fingerprint density at radius 1 is 1.00 bits per heavy atom. The van der Waals surface area contributed by atoms with Crippen LogP contribution in [-0.4, -0.2) is 64.5 Å². The number of anilines is 1. The fourth-order valence-corrected chi connectivity index (χ4v) is 5.44. The minimum atomic E-state index is 0.0165. The third-order valence-electron chi connectivity index (χ3n) is 7.33. The van der Waals surface area contributed by atoms with Gasteiger partial charge in [0.25, 0.3) is 5.91 Å². The van der Waals surface area contributed by atoms with Gasteiger partial charge in [0.15, 0.2) is 0 Å². The fraction of sp³-hybridized carbons (Fsp3) is 0.481. The molecule has 2 aliphatic rings. The molecule has 6 nitrogen and oxygen atoms in total. The van der Waals surface area contributed by atoms with E-state index in [9.17, 15) is 4.79 Å². The van der Waals surface area contributed by atoms with Crippen LogP contribution in [0.3, 0.4) is 0 Å². The summed E-state index contributed by atoms with van der Waals surface area (Å²) in [7, 11) is 3.55. The van der Waals surface area contributed by atoms with E-state index in [4.69, 9.17) is 4.98 Å². The zero-order valence-corrected chi connectivity index (χ0v) is 19.8. The number of nitrogens with zero attached hydrogens (tertiary/aromatic N) is 4. The Morgan fingerprint density at radius 2 is 1.79 bits per heavy atom. The SMILES string of the molecule is CN(C)C(=O)c1ccc2c(ccn2-c2ccc(NC3CCN(C4CCCCC4)CC3)cn2)c1. The minimum Gasteiger partial charge on any atom is -0.381 e. The average Bonchev–Trinajstić information content (AvgIpc) is 3.28. The number of carbonyl (C=O) groups is 1. The van der Waals surface area contributed by atoms with Crippen LogP contribution in [0.25, 0.3) is 16.7 Å². The summed E-state index contributed by atoms with van der Waals surface area (Å²) in [5.41, 5.74) is 2.84. The maximum atomic E-state index is 12.3. The molecule has 1 saturated heterocycles. The van der Waals surface area contributed by atoms with E-state index in [2.05, 4.69) is 26.9 Å². The Morgan fingerprint density at radius 3 is 2.48 bits per heavy atom. The van der Waals surface area contributed by atoms with Gasteiger partial charge in [-0.1, -0.05) is 19.3 Å². The molecule has 0 unspecified atom stereocenters. The van der Waals surface area contributed by atoms with Gasteiger partial charge in [-0.2, -0.15) is 0 Å². The first-order chi connectivity index (χ1) is 16.1. The van der Waals surface area contributed by atoms with Crippen LogP contribution in [0, 0.1) is 0 Å². The Kier molecular flexibility index (Phi) is 6.36. The molecule has 1 aliphatic heterocycles. The van der Waals surface area contributed by atoms with Crippen LogP contribution >= 0.6 is 0 Å². The van der Waals surface area contributed by atoms with Crippen molar-refractivity contribution in [2.75, 3.05) is 32.5 Å². The van der Waals surface area contributed by atoms with Crippen LogP contribution in [-0.2, 0) is 0 Å². The second-order valence-electron chi connectivity index (χ2n) is 9.81. The molecule has 1 aromatic carbocycles. The third kappa shape index (κ3) is 4.76. The number of pyridine rings is 1. The van der Waals surface area contributed by atoms with Gasteiger partial charge in [0.05, 0.1) is 17.4 Å².